The van der Waals surface area contributed by atoms with Gasteiger partial charge < -0.3 is 0 Å². The van der Waals surface area contributed by atoms with Crippen molar-refractivity contribution in [3.8, 4) is 0 Å². The van der Waals surface area contributed by atoms with Gasteiger partial charge in [0.05, 0.1) is 0 Å². The zero-order valence-corrected chi connectivity index (χ0v) is 10.5. The van der Waals surface area contributed by atoms with Crippen LogP contribution in [-0.2, 0) is 6.42 Å². The van der Waals surface area contributed by atoms with Crippen molar-refractivity contribution >= 4 is 5.57 Å². The predicted octanol–water partition coefficient (Wildman–Crippen LogP) is 4.78. The molecule has 0 atom stereocenters. The number of hydrogen-bond donors (Lipinski definition) is 0. The van der Waals surface area contributed by atoms with Crippen molar-refractivity contribution in [1.29, 1.82) is 0 Å². The number of hydrogen-bond acceptors (Lipinski definition) is 0. The maximum atomic E-state index is 4.11. The van der Waals surface area contributed by atoms with Gasteiger partial charge in [-0.05, 0) is 37.0 Å². The molecule has 0 aromatic heterocycles. The molecule has 0 fully saturated rings. The maximum Gasteiger partial charge on any atom is -0.0187 e. The molecule has 1 aromatic rings. The summed E-state index contributed by atoms with van der Waals surface area (Å²) in [6.45, 7) is 10.4. The van der Waals surface area contributed by atoms with E-state index in [0.717, 1.165) is 12.0 Å². The molecule has 0 heterocycles. The lowest BCUT2D eigenvalue weighted by molar-refractivity contribution is 1.14. The van der Waals surface area contributed by atoms with E-state index in [1.807, 2.05) is 13.0 Å². The molecule has 0 unspecified atom stereocenters. The minimum Gasteiger partial charge on any atom is -0.0912 e. The lowest BCUT2D eigenvalue weighted by Crippen LogP contribution is -1.84. The summed E-state index contributed by atoms with van der Waals surface area (Å²) in [6.07, 6.45) is 7.32. The molecule has 0 N–H and O–H groups in total. The zero-order valence-electron chi connectivity index (χ0n) is 10.5. The van der Waals surface area contributed by atoms with Gasteiger partial charge >= 0.3 is 0 Å². The highest BCUT2D eigenvalue weighted by Crippen LogP contribution is 2.17. The van der Waals surface area contributed by atoms with Crippen LogP contribution in [0.3, 0.4) is 0 Å². The summed E-state index contributed by atoms with van der Waals surface area (Å²) in [6, 6.07) is 8.57. The first kappa shape index (κ1) is 12.5. The third-order valence-corrected chi connectivity index (χ3v) is 2.54. The normalized spacial score (nSPS) is 12.1. The fourth-order valence-corrected chi connectivity index (χ4v) is 1.66. The van der Waals surface area contributed by atoms with Gasteiger partial charge in [-0.15, -0.1) is 0 Å². The van der Waals surface area contributed by atoms with Crippen LogP contribution in [0.2, 0.25) is 0 Å². The SMILES string of the molecule is C=C(/C=C(C)\C=C/C)c1cccc(CC)c1. The molecule has 0 aliphatic carbocycles. The van der Waals surface area contributed by atoms with E-state index >= 15 is 0 Å². The average Bonchev–Trinajstić information content (AvgIpc) is 2.29. The van der Waals surface area contributed by atoms with Crippen LogP contribution >= 0.6 is 0 Å². The van der Waals surface area contributed by atoms with Gasteiger partial charge in [-0.2, -0.15) is 0 Å². The highest BCUT2D eigenvalue weighted by molar-refractivity contribution is 5.73. The van der Waals surface area contributed by atoms with Crippen molar-refractivity contribution < 1.29 is 0 Å². The van der Waals surface area contributed by atoms with Crippen LogP contribution in [-0.4, -0.2) is 0 Å². The topological polar surface area (TPSA) is 0 Å². The Labute approximate surface area is 99.0 Å². The van der Waals surface area contributed by atoms with Crippen LogP contribution in [0.5, 0.6) is 0 Å². The van der Waals surface area contributed by atoms with E-state index in [9.17, 15) is 0 Å². The lowest BCUT2D eigenvalue weighted by Gasteiger charge is -2.04. The van der Waals surface area contributed by atoms with Crippen LogP contribution in [0.4, 0.5) is 0 Å². The van der Waals surface area contributed by atoms with Crippen molar-refractivity contribution in [2.24, 2.45) is 0 Å². The maximum absolute atomic E-state index is 4.11. The van der Waals surface area contributed by atoms with Crippen LogP contribution in [0.15, 0.2) is 54.6 Å². The second-order valence-corrected chi connectivity index (χ2v) is 3.97. The highest BCUT2D eigenvalue weighted by Gasteiger charge is 1.97. The number of aryl methyl sites for hydroxylation is 1. The van der Waals surface area contributed by atoms with E-state index in [1.54, 1.807) is 0 Å². The second kappa shape index (κ2) is 6.12. The summed E-state index contributed by atoms with van der Waals surface area (Å²) in [5, 5.41) is 0. The average molecular weight is 212 g/mol. The highest BCUT2D eigenvalue weighted by atomic mass is 14.0. The van der Waals surface area contributed by atoms with Gasteiger partial charge in [0.2, 0.25) is 0 Å². The van der Waals surface area contributed by atoms with Crippen molar-refractivity contribution in [1.82, 2.24) is 0 Å². The molecule has 0 spiro atoms. The Morgan fingerprint density at radius 1 is 1.38 bits per heavy atom. The van der Waals surface area contributed by atoms with E-state index in [0.29, 0.717) is 0 Å². The van der Waals surface area contributed by atoms with Gasteiger partial charge in [-0.1, -0.05) is 61.6 Å². The van der Waals surface area contributed by atoms with E-state index in [1.165, 1.54) is 16.7 Å². The van der Waals surface area contributed by atoms with E-state index in [2.05, 4.69) is 56.8 Å². The third kappa shape index (κ3) is 3.54. The quantitative estimate of drug-likeness (QED) is 0.630. The summed E-state index contributed by atoms with van der Waals surface area (Å²) in [7, 11) is 0. The Balaban J connectivity index is 2.92. The fraction of sp³-hybridized carbons (Fsp3) is 0.250. The molecular weight excluding hydrogens is 192 g/mol. The number of rotatable bonds is 4. The van der Waals surface area contributed by atoms with Crippen molar-refractivity contribution in [3.63, 3.8) is 0 Å². The summed E-state index contributed by atoms with van der Waals surface area (Å²) < 4.78 is 0. The van der Waals surface area contributed by atoms with Gasteiger partial charge in [-0.3, -0.25) is 0 Å². The Bertz CT molecular complexity index is 419. The largest absolute Gasteiger partial charge is 0.0912 e. The van der Waals surface area contributed by atoms with Crippen molar-refractivity contribution in [2.75, 3.05) is 0 Å². The van der Waals surface area contributed by atoms with Gasteiger partial charge in [-0.25, -0.2) is 0 Å². The Morgan fingerprint density at radius 2 is 2.12 bits per heavy atom. The molecule has 0 radical (unpaired) electrons. The van der Waals surface area contributed by atoms with E-state index in [4.69, 9.17) is 0 Å². The van der Waals surface area contributed by atoms with Gasteiger partial charge in [0.25, 0.3) is 0 Å². The Kier molecular flexibility index (Phi) is 4.78. The fourth-order valence-electron chi connectivity index (χ4n) is 1.66. The molecule has 0 saturated heterocycles. The minimum absolute atomic E-state index is 1.07. The second-order valence-electron chi connectivity index (χ2n) is 3.97. The lowest BCUT2D eigenvalue weighted by atomic mass is 10.0. The summed E-state index contributed by atoms with van der Waals surface area (Å²) in [5.41, 5.74) is 4.87. The van der Waals surface area contributed by atoms with Gasteiger partial charge in [0.15, 0.2) is 0 Å². The molecule has 0 nitrogen and oxygen atoms in total. The summed E-state index contributed by atoms with van der Waals surface area (Å²) >= 11 is 0. The molecule has 1 aromatic carbocycles. The summed E-state index contributed by atoms with van der Waals surface area (Å²) in [5.74, 6) is 0. The van der Waals surface area contributed by atoms with Crippen molar-refractivity contribution in [3.05, 3.63) is 65.8 Å². The number of benzene rings is 1. The Morgan fingerprint density at radius 3 is 2.75 bits per heavy atom. The first-order chi connectivity index (χ1) is 7.67. The zero-order chi connectivity index (χ0) is 12.0. The molecule has 0 heteroatoms. The molecule has 0 saturated carbocycles. The van der Waals surface area contributed by atoms with E-state index < -0.39 is 0 Å². The standard InChI is InChI=1S/C16H20/c1-5-8-13(3)11-14(4)16-10-7-9-15(6-2)12-16/h5,7-12H,4,6H2,1-3H3/b8-5-,13-11-. The molecular formula is C16H20. The predicted molar refractivity (Wildman–Crippen MR) is 73.4 cm³/mol. The smallest absolute Gasteiger partial charge is 0.0187 e. The van der Waals surface area contributed by atoms with Crippen LogP contribution in [0, 0.1) is 0 Å². The van der Waals surface area contributed by atoms with Gasteiger partial charge in [0, 0.05) is 0 Å². The monoisotopic (exact) mass is 212 g/mol. The molecule has 0 aliphatic heterocycles. The molecule has 0 aliphatic rings. The van der Waals surface area contributed by atoms with Crippen molar-refractivity contribution in [2.45, 2.75) is 27.2 Å². The third-order valence-electron chi connectivity index (χ3n) is 2.54. The van der Waals surface area contributed by atoms with Crippen LogP contribution in [0.1, 0.15) is 31.9 Å². The first-order valence-electron chi connectivity index (χ1n) is 5.76. The van der Waals surface area contributed by atoms with Crippen LogP contribution < -0.4 is 0 Å². The molecule has 0 bridgehead atoms. The first-order valence-corrected chi connectivity index (χ1v) is 5.76. The number of allylic oxidation sites excluding steroid dienone is 5. The van der Waals surface area contributed by atoms with Crippen LogP contribution in [0.25, 0.3) is 5.57 Å². The van der Waals surface area contributed by atoms with Gasteiger partial charge in [0.1, 0.15) is 0 Å². The Hall–Kier alpha value is -1.56. The molecule has 1 rings (SSSR count). The van der Waals surface area contributed by atoms with E-state index in [-0.39, 0.29) is 0 Å². The summed E-state index contributed by atoms with van der Waals surface area (Å²) in [4.78, 5) is 0. The molecule has 84 valence electrons. The minimum atomic E-state index is 1.07. The molecule has 16 heavy (non-hydrogen) atoms. The molecule has 0 amide bonds.